The third-order valence-corrected chi connectivity index (χ3v) is 4.36. The molecule has 1 aromatic carbocycles. The molecule has 0 aliphatic carbocycles. The number of pyridine rings is 1. The van der Waals surface area contributed by atoms with E-state index in [9.17, 15) is 4.48 Å². The van der Waals surface area contributed by atoms with Gasteiger partial charge in [-0.2, -0.15) is 4.79 Å². The Bertz CT molecular complexity index is 873. The minimum absolute atomic E-state index is 0.313. The molecule has 3 heterocycles. The van der Waals surface area contributed by atoms with Gasteiger partial charge in [-0.25, -0.2) is 4.98 Å². The van der Waals surface area contributed by atoms with Gasteiger partial charge in [0.1, 0.15) is 5.75 Å². The zero-order chi connectivity index (χ0) is 18.5. The molecule has 1 aliphatic rings. The van der Waals surface area contributed by atoms with Crippen LogP contribution in [0.3, 0.4) is 0 Å². The standard InChI is InChI=1S/C18H18FN3O2.C2H6/c1-23-17-5-3-2-4-14(17)16-12-22(19)18-15(16)10-13(11-20-18)21-6-8-24-9-7-21;1-2/h2-5,10-12H,6-9H2,1H3;1-2H3. The lowest BCUT2D eigenvalue weighted by Crippen LogP contribution is -2.36. The summed E-state index contributed by atoms with van der Waals surface area (Å²) in [6.45, 7) is 7.02. The number of nitrogens with zero attached hydrogens (tertiary/aromatic N) is 3. The molecule has 0 saturated carbocycles. The molecule has 5 nitrogen and oxygen atoms in total. The largest absolute Gasteiger partial charge is 0.496 e. The molecule has 4 rings (SSSR count). The highest BCUT2D eigenvalue weighted by molar-refractivity contribution is 5.97. The number of benzene rings is 1. The van der Waals surface area contributed by atoms with Crippen molar-refractivity contribution in [2.24, 2.45) is 0 Å². The molecular weight excluding hydrogens is 333 g/mol. The van der Waals surface area contributed by atoms with E-state index in [1.807, 2.05) is 44.2 Å². The number of hydrogen-bond acceptors (Lipinski definition) is 4. The summed E-state index contributed by atoms with van der Waals surface area (Å²) in [6.07, 6.45) is 3.17. The summed E-state index contributed by atoms with van der Waals surface area (Å²) in [4.78, 5) is 7.10. The third kappa shape index (κ3) is 3.37. The Kier molecular flexibility index (Phi) is 5.73. The van der Waals surface area contributed by atoms with Crippen LogP contribution in [0.25, 0.3) is 22.2 Å². The van der Waals surface area contributed by atoms with Crippen LogP contribution in [0.4, 0.5) is 10.2 Å². The Morgan fingerprint density at radius 2 is 1.85 bits per heavy atom. The Morgan fingerprint density at radius 3 is 2.58 bits per heavy atom. The first-order chi connectivity index (χ1) is 12.8. The topological polar surface area (TPSA) is 39.5 Å². The third-order valence-electron chi connectivity index (χ3n) is 4.36. The number of methoxy groups -OCH3 is 1. The predicted molar refractivity (Wildman–Crippen MR) is 103 cm³/mol. The Hall–Kier alpha value is -2.60. The lowest BCUT2D eigenvalue weighted by molar-refractivity contribution is 0.122. The first-order valence-corrected chi connectivity index (χ1v) is 8.91. The van der Waals surface area contributed by atoms with Gasteiger partial charge in [0, 0.05) is 35.8 Å². The van der Waals surface area contributed by atoms with Crippen LogP contribution >= 0.6 is 0 Å². The number of anilines is 1. The fraction of sp³-hybridized carbons (Fsp3) is 0.350. The smallest absolute Gasteiger partial charge is 0.170 e. The molecule has 0 spiro atoms. The van der Waals surface area contributed by atoms with E-state index >= 15 is 0 Å². The van der Waals surface area contributed by atoms with Gasteiger partial charge in [-0.05, 0) is 12.1 Å². The number of hydrogen-bond donors (Lipinski definition) is 0. The van der Waals surface area contributed by atoms with Crippen molar-refractivity contribution in [3.63, 3.8) is 0 Å². The van der Waals surface area contributed by atoms with Crippen molar-refractivity contribution in [3.8, 4) is 16.9 Å². The van der Waals surface area contributed by atoms with Crippen LogP contribution in [0.5, 0.6) is 5.75 Å². The van der Waals surface area contributed by atoms with Gasteiger partial charge in [0.15, 0.2) is 5.65 Å². The monoisotopic (exact) mass is 357 g/mol. The predicted octanol–water partition coefficient (Wildman–Crippen LogP) is 4.31. The average Bonchev–Trinajstić information content (AvgIpc) is 3.06. The van der Waals surface area contributed by atoms with Crippen LogP contribution in [-0.2, 0) is 4.74 Å². The van der Waals surface area contributed by atoms with E-state index in [0.717, 1.165) is 35.3 Å². The quantitative estimate of drug-likeness (QED) is 0.700. The zero-order valence-electron chi connectivity index (χ0n) is 15.4. The van der Waals surface area contributed by atoms with Gasteiger partial charge in [0.25, 0.3) is 0 Å². The summed E-state index contributed by atoms with van der Waals surface area (Å²) in [6, 6.07) is 9.60. The molecule has 26 heavy (non-hydrogen) atoms. The minimum Gasteiger partial charge on any atom is -0.496 e. The van der Waals surface area contributed by atoms with Crippen molar-refractivity contribution >= 4 is 16.7 Å². The molecule has 2 aromatic heterocycles. The van der Waals surface area contributed by atoms with E-state index in [0.29, 0.717) is 29.4 Å². The van der Waals surface area contributed by atoms with Crippen molar-refractivity contribution in [2.45, 2.75) is 13.8 Å². The van der Waals surface area contributed by atoms with Gasteiger partial charge in [-0.15, -0.1) is 0 Å². The van der Waals surface area contributed by atoms with Crippen LogP contribution in [0.1, 0.15) is 13.8 Å². The summed E-state index contributed by atoms with van der Waals surface area (Å²) in [5.74, 6) is 0.710. The highest BCUT2D eigenvalue weighted by Crippen LogP contribution is 2.37. The molecule has 1 aliphatic heterocycles. The molecule has 1 fully saturated rings. The maximum absolute atomic E-state index is 14.3. The van der Waals surface area contributed by atoms with Gasteiger partial charge in [-0.1, -0.05) is 36.5 Å². The highest BCUT2D eigenvalue weighted by atomic mass is 19.2. The SMILES string of the molecule is CC.COc1ccccc1-c1cn(F)c2ncc(N3CCOCC3)cc12. The first kappa shape index (κ1) is 18.2. The molecule has 0 unspecified atom stereocenters. The number of halogens is 1. The van der Waals surface area contributed by atoms with Crippen LogP contribution in [-0.4, -0.2) is 43.2 Å². The van der Waals surface area contributed by atoms with Gasteiger partial charge in [0.2, 0.25) is 0 Å². The number of morpholine rings is 1. The summed E-state index contributed by atoms with van der Waals surface area (Å²) >= 11 is 0. The van der Waals surface area contributed by atoms with Gasteiger partial charge in [0.05, 0.1) is 32.2 Å². The number of ether oxygens (including phenoxy) is 2. The van der Waals surface area contributed by atoms with Crippen LogP contribution in [0, 0.1) is 0 Å². The summed E-state index contributed by atoms with van der Waals surface area (Å²) in [7, 11) is 1.62. The second-order valence-corrected chi connectivity index (χ2v) is 5.72. The van der Waals surface area contributed by atoms with Crippen LogP contribution in [0.15, 0.2) is 42.7 Å². The minimum atomic E-state index is 0.313. The normalized spacial score (nSPS) is 14.1. The van der Waals surface area contributed by atoms with Crippen molar-refractivity contribution in [1.29, 1.82) is 0 Å². The van der Waals surface area contributed by atoms with E-state index in [2.05, 4.69) is 9.88 Å². The molecule has 0 N–H and O–H groups in total. The van der Waals surface area contributed by atoms with Crippen molar-refractivity contribution in [3.05, 3.63) is 42.7 Å². The number of para-hydroxylation sites is 1. The second kappa shape index (κ2) is 8.19. The van der Waals surface area contributed by atoms with E-state index in [-0.39, 0.29) is 0 Å². The molecule has 138 valence electrons. The van der Waals surface area contributed by atoms with E-state index in [1.54, 1.807) is 13.3 Å². The Labute approximate surface area is 152 Å². The molecule has 0 atom stereocenters. The zero-order valence-corrected chi connectivity index (χ0v) is 15.4. The lowest BCUT2D eigenvalue weighted by atomic mass is 10.0. The fourth-order valence-electron chi connectivity index (χ4n) is 3.14. The van der Waals surface area contributed by atoms with Crippen LogP contribution in [0.2, 0.25) is 0 Å². The lowest BCUT2D eigenvalue weighted by Gasteiger charge is -2.28. The number of rotatable bonds is 3. The van der Waals surface area contributed by atoms with E-state index in [1.165, 1.54) is 6.20 Å². The first-order valence-electron chi connectivity index (χ1n) is 8.91. The molecule has 0 bridgehead atoms. The Morgan fingerprint density at radius 1 is 1.12 bits per heavy atom. The summed E-state index contributed by atoms with van der Waals surface area (Å²) in [5, 5.41) is 0.769. The van der Waals surface area contributed by atoms with E-state index in [4.69, 9.17) is 9.47 Å². The maximum Gasteiger partial charge on any atom is 0.170 e. The Balaban J connectivity index is 0.000000948. The van der Waals surface area contributed by atoms with E-state index < -0.39 is 0 Å². The van der Waals surface area contributed by atoms with Gasteiger partial charge < -0.3 is 14.4 Å². The molecular formula is C20H24FN3O2. The number of aromatic nitrogens is 2. The maximum atomic E-state index is 14.3. The summed E-state index contributed by atoms with van der Waals surface area (Å²) < 4.78 is 25.1. The molecule has 1 saturated heterocycles. The highest BCUT2D eigenvalue weighted by Gasteiger charge is 2.18. The average molecular weight is 357 g/mol. The fourth-order valence-corrected chi connectivity index (χ4v) is 3.14. The summed E-state index contributed by atoms with van der Waals surface area (Å²) in [5.41, 5.74) is 2.91. The van der Waals surface area contributed by atoms with Gasteiger partial charge >= 0.3 is 0 Å². The molecule has 0 amide bonds. The molecule has 0 radical (unpaired) electrons. The second-order valence-electron chi connectivity index (χ2n) is 5.72. The molecule has 3 aromatic rings. The molecule has 6 heteroatoms. The van der Waals surface area contributed by atoms with Gasteiger partial charge in [-0.3, -0.25) is 0 Å². The van der Waals surface area contributed by atoms with Crippen molar-refractivity contribution < 1.29 is 14.0 Å². The number of fused-ring (bicyclic) bond motifs is 1. The van der Waals surface area contributed by atoms with Crippen molar-refractivity contribution in [2.75, 3.05) is 38.3 Å². The van der Waals surface area contributed by atoms with Crippen LogP contribution < -0.4 is 9.64 Å². The van der Waals surface area contributed by atoms with Crippen molar-refractivity contribution in [1.82, 2.24) is 9.77 Å².